The summed E-state index contributed by atoms with van der Waals surface area (Å²) in [7, 11) is 0. The minimum atomic E-state index is 0.340. The first-order chi connectivity index (χ1) is 8.06. The van der Waals surface area contributed by atoms with Crippen molar-refractivity contribution in [3.8, 4) is 0 Å². The third kappa shape index (κ3) is 2.68. The van der Waals surface area contributed by atoms with E-state index in [9.17, 15) is 0 Å². The van der Waals surface area contributed by atoms with E-state index in [2.05, 4.69) is 25.7 Å². The van der Waals surface area contributed by atoms with Crippen LogP contribution >= 0.6 is 0 Å². The molecule has 2 heteroatoms. The van der Waals surface area contributed by atoms with Crippen molar-refractivity contribution in [3.05, 3.63) is 0 Å². The molecule has 2 fully saturated rings. The van der Waals surface area contributed by atoms with Crippen LogP contribution in [-0.4, -0.2) is 29.6 Å². The quantitative estimate of drug-likeness (QED) is 0.818. The third-order valence-corrected chi connectivity index (χ3v) is 5.24. The van der Waals surface area contributed by atoms with Crippen molar-refractivity contribution in [1.82, 2.24) is 4.90 Å². The highest BCUT2D eigenvalue weighted by Crippen LogP contribution is 2.40. The van der Waals surface area contributed by atoms with Gasteiger partial charge in [0, 0.05) is 18.1 Å². The molecule has 100 valence electrons. The zero-order chi connectivity index (χ0) is 12.5. The van der Waals surface area contributed by atoms with Crippen LogP contribution in [-0.2, 0) is 0 Å². The van der Waals surface area contributed by atoms with Gasteiger partial charge in [-0.15, -0.1) is 0 Å². The Labute approximate surface area is 107 Å². The molecule has 2 saturated carbocycles. The minimum absolute atomic E-state index is 0.340. The summed E-state index contributed by atoms with van der Waals surface area (Å²) in [5.41, 5.74) is 6.84. The van der Waals surface area contributed by atoms with Gasteiger partial charge in [0.25, 0.3) is 0 Å². The van der Waals surface area contributed by atoms with Crippen molar-refractivity contribution >= 4 is 0 Å². The highest BCUT2D eigenvalue weighted by molar-refractivity contribution is 5.00. The van der Waals surface area contributed by atoms with Gasteiger partial charge in [-0.25, -0.2) is 0 Å². The van der Waals surface area contributed by atoms with Gasteiger partial charge in [-0.3, -0.25) is 4.90 Å². The second-order valence-electron chi connectivity index (χ2n) is 6.74. The Bertz CT molecular complexity index is 243. The number of hydrogen-bond acceptors (Lipinski definition) is 2. The minimum Gasteiger partial charge on any atom is -0.326 e. The standard InChI is InChI=1S/C15H30N2/c1-4-17(12-8-6-5-7-9-12)13-10-11-15(2,3)14(13)16/h12-14H,4-11,16H2,1-3H3. The molecule has 0 aromatic carbocycles. The van der Waals surface area contributed by atoms with Gasteiger partial charge in [0.1, 0.15) is 0 Å². The van der Waals surface area contributed by atoms with Gasteiger partial charge in [0.05, 0.1) is 0 Å². The Balaban J connectivity index is 2.03. The molecule has 2 nitrogen and oxygen atoms in total. The molecule has 0 amide bonds. The fraction of sp³-hybridized carbons (Fsp3) is 1.00. The maximum atomic E-state index is 6.50. The zero-order valence-electron chi connectivity index (χ0n) is 11.9. The Morgan fingerprint density at radius 3 is 2.24 bits per heavy atom. The fourth-order valence-corrected chi connectivity index (χ4v) is 3.94. The molecule has 2 aliphatic carbocycles. The summed E-state index contributed by atoms with van der Waals surface area (Å²) < 4.78 is 0. The van der Waals surface area contributed by atoms with Crippen molar-refractivity contribution in [3.63, 3.8) is 0 Å². The van der Waals surface area contributed by atoms with Gasteiger partial charge >= 0.3 is 0 Å². The van der Waals surface area contributed by atoms with E-state index in [1.54, 1.807) is 0 Å². The summed E-state index contributed by atoms with van der Waals surface area (Å²) in [6, 6.07) is 1.82. The van der Waals surface area contributed by atoms with Crippen LogP contribution in [0.25, 0.3) is 0 Å². The monoisotopic (exact) mass is 238 g/mol. The average molecular weight is 238 g/mol. The van der Waals surface area contributed by atoms with E-state index < -0.39 is 0 Å². The molecule has 0 saturated heterocycles. The lowest BCUT2D eigenvalue weighted by Crippen LogP contribution is -2.53. The van der Waals surface area contributed by atoms with E-state index in [1.165, 1.54) is 51.5 Å². The normalized spacial score (nSPS) is 34.4. The predicted molar refractivity (Wildman–Crippen MR) is 74.0 cm³/mol. The van der Waals surface area contributed by atoms with Crippen LogP contribution in [0.1, 0.15) is 65.7 Å². The molecular weight excluding hydrogens is 208 g/mol. The van der Waals surface area contributed by atoms with Gasteiger partial charge in [-0.05, 0) is 37.6 Å². The number of nitrogens with two attached hydrogens (primary N) is 1. The lowest BCUT2D eigenvalue weighted by molar-refractivity contribution is 0.0941. The third-order valence-electron chi connectivity index (χ3n) is 5.24. The van der Waals surface area contributed by atoms with Crippen LogP contribution in [0.3, 0.4) is 0 Å². The SMILES string of the molecule is CCN(C1CCCCC1)C1CCC(C)(C)C1N. The first-order valence-electron chi connectivity index (χ1n) is 7.57. The van der Waals surface area contributed by atoms with Crippen molar-refractivity contribution in [1.29, 1.82) is 0 Å². The molecule has 2 aliphatic rings. The Kier molecular flexibility index (Phi) is 4.14. The van der Waals surface area contributed by atoms with Crippen molar-refractivity contribution in [2.45, 2.75) is 83.8 Å². The summed E-state index contributed by atoms with van der Waals surface area (Å²) in [6.45, 7) is 8.17. The summed E-state index contributed by atoms with van der Waals surface area (Å²) >= 11 is 0. The highest BCUT2D eigenvalue weighted by Gasteiger charge is 2.43. The molecule has 0 aliphatic heterocycles. The van der Waals surface area contributed by atoms with Crippen LogP contribution in [0.5, 0.6) is 0 Å². The van der Waals surface area contributed by atoms with E-state index >= 15 is 0 Å². The second kappa shape index (κ2) is 5.27. The molecule has 0 aromatic rings. The van der Waals surface area contributed by atoms with E-state index in [0.29, 0.717) is 17.5 Å². The lowest BCUT2D eigenvalue weighted by atomic mass is 9.86. The van der Waals surface area contributed by atoms with E-state index in [-0.39, 0.29) is 0 Å². The van der Waals surface area contributed by atoms with Crippen molar-refractivity contribution in [2.75, 3.05) is 6.54 Å². The molecule has 0 aromatic heterocycles. The van der Waals surface area contributed by atoms with Crippen LogP contribution in [0, 0.1) is 5.41 Å². The lowest BCUT2D eigenvalue weighted by Gasteiger charge is -2.41. The summed E-state index contributed by atoms with van der Waals surface area (Å²) in [5.74, 6) is 0. The fourth-order valence-electron chi connectivity index (χ4n) is 3.94. The van der Waals surface area contributed by atoms with Crippen LogP contribution in [0.2, 0.25) is 0 Å². The summed E-state index contributed by atoms with van der Waals surface area (Å²) in [4.78, 5) is 2.73. The molecule has 2 rings (SSSR count). The molecule has 2 unspecified atom stereocenters. The smallest absolute Gasteiger partial charge is 0.0255 e. The van der Waals surface area contributed by atoms with Crippen molar-refractivity contribution in [2.24, 2.45) is 11.1 Å². The molecule has 0 spiro atoms. The Hall–Kier alpha value is -0.0800. The predicted octanol–water partition coefficient (Wildman–Crippen LogP) is 3.16. The number of rotatable bonds is 3. The van der Waals surface area contributed by atoms with Gasteiger partial charge < -0.3 is 5.73 Å². The van der Waals surface area contributed by atoms with Crippen molar-refractivity contribution < 1.29 is 0 Å². The first-order valence-corrected chi connectivity index (χ1v) is 7.57. The topological polar surface area (TPSA) is 29.3 Å². The highest BCUT2D eigenvalue weighted by atomic mass is 15.2. The molecule has 17 heavy (non-hydrogen) atoms. The number of hydrogen-bond donors (Lipinski definition) is 1. The maximum Gasteiger partial charge on any atom is 0.0255 e. The first kappa shape index (κ1) is 13.4. The average Bonchev–Trinajstić information content (AvgIpc) is 2.59. The summed E-state index contributed by atoms with van der Waals surface area (Å²) in [6.07, 6.45) is 9.69. The van der Waals surface area contributed by atoms with Crippen LogP contribution < -0.4 is 5.73 Å². The number of likely N-dealkylation sites (N-methyl/N-ethyl adjacent to an activating group) is 1. The van der Waals surface area contributed by atoms with Crippen LogP contribution in [0.4, 0.5) is 0 Å². The van der Waals surface area contributed by atoms with E-state index in [1.807, 2.05) is 0 Å². The summed E-state index contributed by atoms with van der Waals surface area (Å²) in [5, 5.41) is 0. The van der Waals surface area contributed by atoms with Gasteiger partial charge in [0.2, 0.25) is 0 Å². The molecular formula is C15H30N2. The second-order valence-corrected chi connectivity index (χ2v) is 6.74. The zero-order valence-corrected chi connectivity index (χ0v) is 11.9. The van der Waals surface area contributed by atoms with Gasteiger partial charge in [-0.2, -0.15) is 0 Å². The van der Waals surface area contributed by atoms with E-state index in [0.717, 1.165) is 6.04 Å². The molecule has 2 N–H and O–H groups in total. The molecule has 0 heterocycles. The van der Waals surface area contributed by atoms with Gasteiger partial charge in [-0.1, -0.05) is 40.0 Å². The van der Waals surface area contributed by atoms with E-state index in [4.69, 9.17) is 5.73 Å². The Morgan fingerprint density at radius 2 is 1.76 bits per heavy atom. The molecule has 2 atom stereocenters. The molecule has 0 radical (unpaired) electrons. The largest absolute Gasteiger partial charge is 0.326 e. The maximum absolute atomic E-state index is 6.50. The van der Waals surface area contributed by atoms with Crippen LogP contribution in [0.15, 0.2) is 0 Å². The molecule has 0 bridgehead atoms. The Morgan fingerprint density at radius 1 is 1.12 bits per heavy atom. The number of nitrogens with zero attached hydrogens (tertiary/aromatic N) is 1. The van der Waals surface area contributed by atoms with Gasteiger partial charge in [0.15, 0.2) is 0 Å².